The molecule has 0 heterocycles. The zero-order valence-corrected chi connectivity index (χ0v) is 29.6. The topological polar surface area (TPSA) is 240 Å². The van der Waals surface area contributed by atoms with Crippen molar-refractivity contribution in [3.8, 4) is 0 Å². The number of amides is 6. The highest BCUT2D eigenvalue weighted by Gasteiger charge is 2.34. The van der Waals surface area contributed by atoms with Gasteiger partial charge in [0.25, 0.3) is 0 Å². The summed E-state index contributed by atoms with van der Waals surface area (Å²) >= 11 is 0. The molecule has 0 fully saturated rings. The van der Waals surface area contributed by atoms with E-state index in [4.69, 9.17) is 11.5 Å². The molecule has 0 bridgehead atoms. The van der Waals surface area contributed by atoms with Crippen molar-refractivity contribution in [3.05, 3.63) is 71.8 Å². The van der Waals surface area contributed by atoms with Gasteiger partial charge in [-0.15, -0.1) is 0 Å². The molecule has 14 heteroatoms. The number of nitrogens with one attached hydrogen (secondary N) is 4. The second kappa shape index (κ2) is 21.1. The lowest BCUT2D eigenvalue weighted by Gasteiger charge is -2.31. The number of nitrogens with two attached hydrogens (primary N) is 2. The summed E-state index contributed by atoms with van der Waals surface area (Å²) in [4.78, 5) is 86.9. The van der Waals surface area contributed by atoms with E-state index in [0.717, 1.165) is 5.56 Å². The lowest BCUT2D eigenvalue weighted by Crippen LogP contribution is -2.57. The molecule has 0 aromatic heterocycles. The summed E-state index contributed by atoms with van der Waals surface area (Å²) in [5.41, 5.74) is 11.7. The van der Waals surface area contributed by atoms with Gasteiger partial charge >= 0.3 is 5.97 Å². The Morgan fingerprint density at radius 1 is 0.608 bits per heavy atom. The quantitative estimate of drug-likeness (QED) is 0.0885. The van der Waals surface area contributed by atoms with Crippen molar-refractivity contribution in [2.45, 2.75) is 109 Å². The number of aliphatic carboxylic acids is 1. The van der Waals surface area contributed by atoms with Gasteiger partial charge in [0.1, 0.15) is 24.2 Å². The van der Waals surface area contributed by atoms with E-state index in [2.05, 4.69) is 21.3 Å². The predicted molar refractivity (Wildman–Crippen MR) is 190 cm³/mol. The Balaban J connectivity index is 1.77. The van der Waals surface area contributed by atoms with Gasteiger partial charge in [-0.25, -0.2) is 4.79 Å². The van der Waals surface area contributed by atoms with Gasteiger partial charge in [0, 0.05) is 25.7 Å². The van der Waals surface area contributed by atoms with Gasteiger partial charge in [-0.05, 0) is 29.4 Å². The van der Waals surface area contributed by atoms with Crippen LogP contribution in [0.2, 0.25) is 0 Å². The molecular formula is C37H52N6O8. The molecule has 0 aliphatic heterocycles. The van der Waals surface area contributed by atoms with Crippen molar-refractivity contribution in [2.75, 3.05) is 0 Å². The minimum absolute atomic E-state index is 0.0138. The lowest BCUT2D eigenvalue weighted by atomic mass is 9.85. The Hall–Kier alpha value is -5.27. The average molecular weight is 709 g/mol. The maximum absolute atomic E-state index is 13.2. The molecule has 9 N–H and O–H groups in total. The van der Waals surface area contributed by atoms with Crippen LogP contribution in [-0.2, 0) is 46.4 Å². The number of carbonyl (C=O) groups excluding carboxylic acids is 6. The maximum Gasteiger partial charge on any atom is 0.326 e. The number of hydrogen-bond acceptors (Lipinski definition) is 7. The van der Waals surface area contributed by atoms with Crippen LogP contribution in [0, 0.1) is 5.41 Å². The van der Waals surface area contributed by atoms with Crippen LogP contribution in [0.3, 0.4) is 0 Å². The Kier molecular flexibility index (Phi) is 17.3. The van der Waals surface area contributed by atoms with Crippen LogP contribution in [0.1, 0.15) is 83.3 Å². The molecular weight excluding hydrogens is 656 g/mol. The molecule has 2 rings (SSSR count). The molecule has 6 amide bonds. The van der Waals surface area contributed by atoms with Gasteiger partial charge in [0.15, 0.2) is 0 Å². The summed E-state index contributed by atoms with van der Waals surface area (Å²) < 4.78 is 0. The Morgan fingerprint density at radius 2 is 1.06 bits per heavy atom. The number of hydrogen-bond donors (Lipinski definition) is 7. The third-order valence-electron chi connectivity index (χ3n) is 8.14. The highest BCUT2D eigenvalue weighted by Crippen LogP contribution is 2.20. The first-order valence-corrected chi connectivity index (χ1v) is 17.1. The number of primary amides is 2. The average Bonchev–Trinajstić information content (AvgIpc) is 3.05. The third-order valence-corrected chi connectivity index (χ3v) is 8.14. The maximum atomic E-state index is 13.2. The van der Waals surface area contributed by atoms with Gasteiger partial charge in [-0.1, -0.05) is 101 Å². The summed E-state index contributed by atoms with van der Waals surface area (Å²) in [6, 6.07) is 13.4. The standard InChI is InChI=1S/C37H52N6O8/c1-37(2,3)32(35(49)41-26(33(39)47)21-24-15-9-7-10-16-24)43-31(46)20-14-6-4-5-13-19-30(45)40-27(23-29(38)44)34(48)42-28(36(50)51)22-25-17-11-8-12-18-25/h7-12,15-18,26-28,32H,4-6,13-14,19-23H2,1-3H3,(H2,38,44)(H2,39,47)(H,40,45)(H,41,49)(H,42,48)(H,43,46)(H,50,51)/t26-,27-,28-,32+/m0/s1. The van der Waals surface area contributed by atoms with Gasteiger partial charge in [0.05, 0.1) is 6.42 Å². The fourth-order valence-corrected chi connectivity index (χ4v) is 5.34. The molecule has 4 atom stereocenters. The second-order valence-corrected chi connectivity index (χ2v) is 13.7. The summed E-state index contributed by atoms with van der Waals surface area (Å²) in [6.45, 7) is 5.43. The Morgan fingerprint density at radius 3 is 1.51 bits per heavy atom. The molecule has 0 spiro atoms. The van der Waals surface area contributed by atoms with E-state index in [1.807, 2.05) is 51.1 Å². The van der Waals surface area contributed by atoms with Crippen LogP contribution in [-0.4, -0.2) is 70.7 Å². The molecule has 0 radical (unpaired) electrons. The minimum Gasteiger partial charge on any atom is -0.480 e. The minimum atomic E-state index is -1.32. The number of benzene rings is 2. The molecule has 278 valence electrons. The van der Waals surface area contributed by atoms with Crippen LogP contribution in [0.5, 0.6) is 0 Å². The van der Waals surface area contributed by atoms with Gasteiger partial charge in [0.2, 0.25) is 35.4 Å². The van der Waals surface area contributed by atoms with Crippen molar-refractivity contribution in [1.82, 2.24) is 21.3 Å². The van der Waals surface area contributed by atoms with Crippen molar-refractivity contribution < 1.29 is 38.7 Å². The van der Waals surface area contributed by atoms with Crippen LogP contribution < -0.4 is 32.7 Å². The summed E-state index contributed by atoms with van der Waals surface area (Å²) in [5.74, 6) is -4.89. The van der Waals surface area contributed by atoms with Gasteiger partial charge < -0.3 is 37.8 Å². The van der Waals surface area contributed by atoms with Crippen molar-refractivity contribution in [2.24, 2.45) is 16.9 Å². The smallest absolute Gasteiger partial charge is 0.326 e. The van der Waals surface area contributed by atoms with Crippen LogP contribution in [0.25, 0.3) is 0 Å². The van der Waals surface area contributed by atoms with E-state index in [0.29, 0.717) is 37.7 Å². The first kappa shape index (κ1) is 41.9. The highest BCUT2D eigenvalue weighted by molar-refractivity contribution is 5.94. The molecule has 0 unspecified atom stereocenters. The van der Waals surface area contributed by atoms with Crippen molar-refractivity contribution >= 4 is 41.4 Å². The zero-order chi connectivity index (χ0) is 38.0. The molecule has 0 aliphatic carbocycles. The SMILES string of the molecule is CC(C)(C)[C@H](NC(=O)CCCCCCCC(=O)N[C@@H](CC(N)=O)C(=O)N[C@@H](Cc1ccccc1)C(=O)O)C(=O)N[C@@H](Cc1ccccc1)C(N)=O. The molecule has 0 saturated heterocycles. The summed E-state index contributed by atoms with van der Waals surface area (Å²) in [7, 11) is 0. The molecule has 2 aromatic rings. The van der Waals surface area contributed by atoms with Crippen molar-refractivity contribution in [3.63, 3.8) is 0 Å². The van der Waals surface area contributed by atoms with E-state index in [9.17, 15) is 38.7 Å². The fraction of sp³-hybridized carbons (Fsp3) is 0.486. The zero-order valence-electron chi connectivity index (χ0n) is 29.6. The van der Waals surface area contributed by atoms with E-state index < -0.39 is 71.5 Å². The normalized spacial score (nSPS) is 13.5. The van der Waals surface area contributed by atoms with E-state index in [1.54, 1.807) is 30.3 Å². The van der Waals surface area contributed by atoms with Crippen LogP contribution >= 0.6 is 0 Å². The third kappa shape index (κ3) is 16.3. The summed E-state index contributed by atoms with van der Waals surface area (Å²) in [6.07, 6.45) is 3.07. The highest BCUT2D eigenvalue weighted by atomic mass is 16.4. The first-order chi connectivity index (χ1) is 24.1. The van der Waals surface area contributed by atoms with E-state index in [-0.39, 0.29) is 31.6 Å². The number of carboxylic acids is 1. The molecule has 0 aliphatic rings. The van der Waals surface area contributed by atoms with Crippen molar-refractivity contribution in [1.29, 1.82) is 0 Å². The molecule has 2 aromatic carbocycles. The van der Waals surface area contributed by atoms with E-state index >= 15 is 0 Å². The number of carbonyl (C=O) groups is 7. The van der Waals surface area contributed by atoms with E-state index in [1.165, 1.54) is 0 Å². The molecule has 0 saturated carbocycles. The Bertz CT molecular complexity index is 1480. The molecule has 14 nitrogen and oxygen atoms in total. The molecule has 51 heavy (non-hydrogen) atoms. The monoisotopic (exact) mass is 708 g/mol. The first-order valence-electron chi connectivity index (χ1n) is 17.1. The van der Waals surface area contributed by atoms with Gasteiger partial charge in [-0.3, -0.25) is 28.8 Å². The lowest BCUT2D eigenvalue weighted by molar-refractivity contribution is -0.142. The van der Waals surface area contributed by atoms with Crippen LogP contribution in [0.15, 0.2) is 60.7 Å². The van der Waals surface area contributed by atoms with Crippen LogP contribution in [0.4, 0.5) is 0 Å². The van der Waals surface area contributed by atoms with Gasteiger partial charge in [-0.2, -0.15) is 0 Å². The second-order valence-electron chi connectivity index (χ2n) is 13.7. The number of rotatable bonds is 22. The number of carboxylic acid groups (broad SMARTS) is 1. The predicted octanol–water partition coefficient (Wildman–Crippen LogP) is 1.63. The fourth-order valence-electron chi connectivity index (χ4n) is 5.34. The summed E-state index contributed by atoms with van der Waals surface area (Å²) in [5, 5.41) is 20.0. The largest absolute Gasteiger partial charge is 0.480 e. The number of unbranched alkanes of at least 4 members (excludes halogenated alkanes) is 4. The Labute approximate surface area is 298 Å².